The number of ether oxygens (including phenoxy) is 1. The number of hydrogen-bond donors (Lipinski definition) is 2. The third kappa shape index (κ3) is 5.53. The zero-order valence-corrected chi connectivity index (χ0v) is 16.8. The number of likely N-dealkylation sites (tertiary alicyclic amines) is 1. The molecule has 0 radical (unpaired) electrons. The van der Waals surface area contributed by atoms with Gasteiger partial charge in [-0.25, -0.2) is 0 Å². The quantitative estimate of drug-likeness (QED) is 0.707. The number of aliphatic hydroxyl groups excluding tert-OH is 1. The molecule has 2 amide bonds. The lowest BCUT2D eigenvalue weighted by Crippen LogP contribution is -2.41. The van der Waals surface area contributed by atoms with E-state index in [1.165, 1.54) is 4.88 Å². The van der Waals surface area contributed by atoms with Gasteiger partial charge < -0.3 is 20.1 Å². The van der Waals surface area contributed by atoms with Crippen LogP contribution in [-0.2, 0) is 20.7 Å². The summed E-state index contributed by atoms with van der Waals surface area (Å²) in [6.07, 6.45) is 4.36. The van der Waals surface area contributed by atoms with Crippen molar-refractivity contribution < 1.29 is 19.4 Å². The van der Waals surface area contributed by atoms with Crippen LogP contribution in [0, 0.1) is 5.41 Å². The summed E-state index contributed by atoms with van der Waals surface area (Å²) >= 11 is 1.66. The van der Waals surface area contributed by atoms with E-state index in [4.69, 9.17) is 4.74 Å². The van der Waals surface area contributed by atoms with Gasteiger partial charge in [-0.1, -0.05) is 6.07 Å². The van der Waals surface area contributed by atoms with Crippen molar-refractivity contribution in [3.8, 4) is 0 Å². The Balaban J connectivity index is 1.48. The van der Waals surface area contributed by atoms with E-state index in [0.29, 0.717) is 39.0 Å². The highest BCUT2D eigenvalue weighted by Crippen LogP contribution is 2.49. The van der Waals surface area contributed by atoms with E-state index in [1.807, 2.05) is 17.5 Å². The second-order valence-electron chi connectivity index (χ2n) is 7.79. The third-order valence-corrected chi connectivity index (χ3v) is 6.64. The highest BCUT2D eigenvalue weighted by atomic mass is 32.1. The molecule has 1 aromatic heterocycles. The molecule has 1 aromatic rings. The first-order chi connectivity index (χ1) is 13.0. The number of β-amino-alcohol motifs (C(OH)–C–C–N with tert-alkyl or cyclic N) is 1. The summed E-state index contributed by atoms with van der Waals surface area (Å²) in [6.45, 7) is 1.52. The molecule has 1 saturated carbocycles. The maximum Gasteiger partial charge on any atom is 0.226 e. The first kappa shape index (κ1) is 20.3. The summed E-state index contributed by atoms with van der Waals surface area (Å²) in [5.41, 5.74) is -0.274. The minimum absolute atomic E-state index is 0.0770. The molecule has 2 aliphatic rings. The van der Waals surface area contributed by atoms with Crippen molar-refractivity contribution in [2.24, 2.45) is 5.41 Å². The Labute approximate surface area is 164 Å². The molecular weight excluding hydrogens is 364 g/mol. The molecule has 0 bridgehead atoms. The fourth-order valence-electron chi connectivity index (χ4n) is 3.76. The van der Waals surface area contributed by atoms with Crippen LogP contribution in [0.2, 0.25) is 0 Å². The molecule has 1 aliphatic carbocycles. The van der Waals surface area contributed by atoms with Crippen LogP contribution in [0.25, 0.3) is 0 Å². The maximum atomic E-state index is 12.6. The van der Waals surface area contributed by atoms with Gasteiger partial charge in [-0.2, -0.15) is 0 Å². The second kappa shape index (κ2) is 9.17. The van der Waals surface area contributed by atoms with E-state index < -0.39 is 6.10 Å². The number of methoxy groups -OCH3 is 1. The summed E-state index contributed by atoms with van der Waals surface area (Å²) in [5.74, 6) is 0.155. The van der Waals surface area contributed by atoms with Crippen molar-refractivity contribution >= 4 is 23.2 Å². The Morgan fingerprint density at radius 2 is 2.26 bits per heavy atom. The van der Waals surface area contributed by atoms with Gasteiger partial charge in [0.25, 0.3) is 0 Å². The van der Waals surface area contributed by atoms with Crippen molar-refractivity contribution in [1.82, 2.24) is 10.2 Å². The average Bonchev–Trinajstić information content (AvgIpc) is 3.31. The number of aliphatic hydroxyl groups is 1. The molecule has 2 fully saturated rings. The monoisotopic (exact) mass is 394 g/mol. The lowest BCUT2D eigenvalue weighted by molar-refractivity contribution is -0.132. The Morgan fingerprint density at radius 1 is 1.44 bits per heavy atom. The standard InChI is InChI=1S/C20H30N2O4S/c1-26-11-9-20(7-8-20)19(25)21-15-6-10-22(14-16(23)13-15)18(24)5-4-17-3-2-12-27-17/h2-3,12,15-16,23H,4-11,13-14H2,1H3,(H,21,25)/t15-,16-/m1/s1. The van der Waals surface area contributed by atoms with Gasteiger partial charge in [0, 0.05) is 44.1 Å². The summed E-state index contributed by atoms with van der Waals surface area (Å²) in [5, 5.41) is 15.5. The molecule has 7 heteroatoms. The van der Waals surface area contributed by atoms with Gasteiger partial charge in [0.15, 0.2) is 0 Å². The van der Waals surface area contributed by atoms with Crippen molar-refractivity contribution in [3.05, 3.63) is 22.4 Å². The number of amides is 2. The predicted molar refractivity (Wildman–Crippen MR) is 105 cm³/mol. The van der Waals surface area contributed by atoms with Gasteiger partial charge in [-0.15, -0.1) is 11.3 Å². The SMILES string of the molecule is COCCC1(C(=O)N[C@@H]2CCN(C(=O)CCc3cccs3)C[C@H](O)C2)CC1. The lowest BCUT2D eigenvalue weighted by atomic mass is 10.00. The van der Waals surface area contributed by atoms with Crippen molar-refractivity contribution in [2.45, 2.75) is 57.1 Å². The molecule has 2 N–H and O–H groups in total. The van der Waals surface area contributed by atoms with Crippen molar-refractivity contribution in [3.63, 3.8) is 0 Å². The molecule has 27 heavy (non-hydrogen) atoms. The molecule has 1 aliphatic heterocycles. The minimum atomic E-state index is -0.599. The van der Waals surface area contributed by atoms with E-state index in [-0.39, 0.29) is 23.3 Å². The fourth-order valence-corrected chi connectivity index (χ4v) is 4.47. The number of carbonyl (C=O) groups excluding carboxylic acids is 2. The number of rotatable bonds is 8. The highest BCUT2D eigenvalue weighted by molar-refractivity contribution is 7.09. The van der Waals surface area contributed by atoms with Crippen molar-refractivity contribution in [1.29, 1.82) is 0 Å². The number of aryl methyl sites for hydroxylation is 1. The molecular formula is C20H30N2O4S. The van der Waals surface area contributed by atoms with Crippen LogP contribution < -0.4 is 5.32 Å². The largest absolute Gasteiger partial charge is 0.391 e. The number of hydrogen-bond acceptors (Lipinski definition) is 5. The van der Waals surface area contributed by atoms with Crippen LogP contribution in [0.4, 0.5) is 0 Å². The molecule has 3 rings (SSSR count). The van der Waals surface area contributed by atoms with E-state index in [1.54, 1.807) is 23.3 Å². The zero-order chi connectivity index (χ0) is 19.3. The smallest absolute Gasteiger partial charge is 0.226 e. The molecule has 2 heterocycles. The van der Waals surface area contributed by atoms with Gasteiger partial charge in [0.05, 0.1) is 11.5 Å². The van der Waals surface area contributed by atoms with Crippen LogP contribution in [0.5, 0.6) is 0 Å². The van der Waals surface area contributed by atoms with Gasteiger partial charge in [0.2, 0.25) is 11.8 Å². The highest BCUT2D eigenvalue weighted by Gasteiger charge is 2.49. The Bertz CT molecular complexity index is 630. The molecule has 0 spiro atoms. The summed E-state index contributed by atoms with van der Waals surface area (Å²) in [4.78, 5) is 28.1. The van der Waals surface area contributed by atoms with Crippen LogP contribution >= 0.6 is 11.3 Å². The predicted octanol–water partition coefficient (Wildman–Crippen LogP) is 1.97. The molecule has 150 valence electrons. The molecule has 0 aromatic carbocycles. The number of nitrogens with zero attached hydrogens (tertiary/aromatic N) is 1. The minimum Gasteiger partial charge on any atom is -0.391 e. The summed E-state index contributed by atoms with van der Waals surface area (Å²) in [7, 11) is 1.65. The molecule has 6 nitrogen and oxygen atoms in total. The first-order valence-corrected chi connectivity index (χ1v) is 10.7. The molecule has 0 unspecified atom stereocenters. The van der Waals surface area contributed by atoms with Gasteiger partial charge in [-0.3, -0.25) is 9.59 Å². The topological polar surface area (TPSA) is 78.9 Å². The van der Waals surface area contributed by atoms with Crippen LogP contribution in [0.3, 0.4) is 0 Å². The van der Waals surface area contributed by atoms with E-state index >= 15 is 0 Å². The Hall–Kier alpha value is -1.44. The summed E-state index contributed by atoms with van der Waals surface area (Å²) < 4.78 is 5.12. The first-order valence-electron chi connectivity index (χ1n) is 9.80. The second-order valence-corrected chi connectivity index (χ2v) is 8.82. The average molecular weight is 395 g/mol. The normalized spacial score (nSPS) is 24.3. The fraction of sp³-hybridized carbons (Fsp3) is 0.700. The van der Waals surface area contributed by atoms with Gasteiger partial charge in [-0.05, 0) is 50.0 Å². The van der Waals surface area contributed by atoms with Crippen molar-refractivity contribution in [2.75, 3.05) is 26.8 Å². The van der Waals surface area contributed by atoms with Crippen LogP contribution in [0.1, 0.15) is 43.4 Å². The Kier molecular flexibility index (Phi) is 6.89. The van der Waals surface area contributed by atoms with E-state index in [9.17, 15) is 14.7 Å². The summed E-state index contributed by atoms with van der Waals surface area (Å²) in [6, 6.07) is 3.95. The number of thiophene rings is 1. The maximum absolute atomic E-state index is 12.6. The number of nitrogens with one attached hydrogen (secondary N) is 1. The molecule has 1 saturated heterocycles. The molecule has 2 atom stereocenters. The van der Waals surface area contributed by atoms with Gasteiger partial charge >= 0.3 is 0 Å². The Morgan fingerprint density at radius 3 is 2.93 bits per heavy atom. The van der Waals surface area contributed by atoms with E-state index in [0.717, 1.165) is 25.7 Å². The van der Waals surface area contributed by atoms with Crippen LogP contribution in [0.15, 0.2) is 17.5 Å². The number of carbonyl (C=O) groups is 2. The third-order valence-electron chi connectivity index (χ3n) is 5.71. The van der Waals surface area contributed by atoms with Crippen LogP contribution in [-0.4, -0.2) is 60.8 Å². The zero-order valence-electron chi connectivity index (χ0n) is 16.0. The van der Waals surface area contributed by atoms with Gasteiger partial charge in [0.1, 0.15) is 0 Å². The van der Waals surface area contributed by atoms with E-state index in [2.05, 4.69) is 5.32 Å². The lowest BCUT2D eigenvalue weighted by Gasteiger charge is -2.22.